The molecule has 0 aromatic carbocycles. The Labute approximate surface area is 93.3 Å². The molecule has 6 heteroatoms. The van der Waals surface area contributed by atoms with Crippen LogP contribution in [0.1, 0.15) is 31.7 Å². The Morgan fingerprint density at radius 1 is 1.40 bits per heavy atom. The summed E-state index contributed by atoms with van der Waals surface area (Å²) in [6.07, 6.45) is 0. The Morgan fingerprint density at radius 3 is 2.67 bits per heavy atom. The SMILES string of the molecule is CC(=O)NCCNc1nnc(C(C)C)s1. The Hall–Kier alpha value is -1.17. The Balaban J connectivity index is 2.28. The third-order valence-corrected chi connectivity index (χ3v) is 2.89. The number of aromatic nitrogens is 2. The minimum absolute atomic E-state index is 0.0167. The lowest BCUT2D eigenvalue weighted by atomic mass is 10.2. The second-order valence-electron chi connectivity index (χ2n) is 3.51. The summed E-state index contributed by atoms with van der Waals surface area (Å²) in [5.74, 6) is 0.394. The van der Waals surface area contributed by atoms with Gasteiger partial charge in [-0.15, -0.1) is 10.2 Å². The zero-order chi connectivity index (χ0) is 11.3. The molecule has 0 unspecified atom stereocenters. The molecule has 1 amide bonds. The maximum atomic E-state index is 10.6. The highest BCUT2D eigenvalue weighted by molar-refractivity contribution is 7.15. The summed E-state index contributed by atoms with van der Waals surface area (Å²) in [6, 6.07) is 0. The van der Waals surface area contributed by atoms with E-state index in [2.05, 4.69) is 34.7 Å². The second kappa shape index (κ2) is 5.65. The van der Waals surface area contributed by atoms with Crippen LogP contribution in [0.3, 0.4) is 0 Å². The minimum atomic E-state index is -0.0167. The van der Waals surface area contributed by atoms with Gasteiger partial charge in [0.15, 0.2) is 0 Å². The predicted molar refractivity (Wildman–Crippen MR) is 61.2 cm³/mol. The van der Waals surface area contributed by atoms with Gasteiger partial charge in [-0.05, 0) is 0 Å². The highest BCUT2D eigenvalue weighted by Crippen LogP contribution is 2.21. The molecule has 0 bridgehead atoms. The van der Waals surface area contributed by atoms with E-state index in [-0.39, 0.29) is 5.91 Å². The number of carbonyl (C=O) groups is 1. The van der Waals surface area contributed by atoms with Gasteiger partial charge in [-0.25, -0.2) is 0 Å². The van der Waals surface area contributed by atoms with Crippen molar-refractivity contribution in [2.75, 3.05) is 18.4 Å². The molecule has 0 radical (unpaired) electrons. The van der Waals surface area contributed by atoms with E-state index in [1.807, 2.05) is 0 Å². The van der Waals surface area contributed by atoms with Gasteiger partial charge in [0.1, 0.15) is 5.01 Å². The van der Waals surface area contributed by atoms with E-state index in [9.17, 15) is 4.79 Å². The fourth-order valence-electron chi connectivity index (χ4n) is 0.947. The van der Waals surface area contributed by atoms with Gasteiger partial charge >= 0.3 is 0 Å². The Bertz CT molecular complexity index is 324. The molecule has 0 aliphatic rings. The Kier molecular flexibility index (Phi) is 4.48. The van der Waals surface area contributed by atoms with Crippen molar-refractivity contribution in [3.05, 3.63) is 5.01 Å². The summed E-state index contributed by atoms with van der Waals surface area (Å²) in [7, 11) is 0. The van der Waals surface area contributed by atoms with Crippen molar-refractivity contribution in [3.8, 4) is 0 Å². The van der Waals surface area contributed by atoms with Crippen LogP contribution in [0.4, 0.5) is 5.13 Å². The summed E-state index contributed by atoms with van der Waals surface area (Å²) in [5, 5.41) is 15.7. The summed E-state index contributed by atoms with van der Waals surface area (Å²) in [5.41, 5.74) is 0. The van der Waals surface area contributed by atoms with Crippen molar-refractivity contribution in [2.45, 2.75) is 26.7 Å². The van der Waals surface area contributed by atoms with Crippen LogP contribution in [0.5, 0.6) is 0 Å². The van der Waals surface area contributed by atoms with Crippen LogP contribution in [-0.2, 0) is 4.79 Å². The largest absolute Gasteiger partial charge is 0.358 e. The van der Waals surface area contributed by atoms with E-state index in [1.165, 1.54) is 6.92 Å². The first kappa shape index (κ1) is 11.9. The first-order valence-corrected chi connectivity index (χ1v) is 5.73. The van der Waals surface area contributed by atoms with Crippen molar-refractivity contribution in [3.63, 3.8) is 0 Å². The molecule has 5 nitrogen and oxygen atoms in total. The molecule has 0 aliphatic carbocycles. The van der Waals surface area contributed by atoms with Crippen molar-refractivity contribution < 1.29 is 4.79 Å². The van der Waals surface area contributed by atoms with Gasteiger partial charge in [0.2, 0.25) is 11.0 Å². The lowest BCUT2D eigenvalue weighted by molar-refractivity contribution is -0.118. The average molecular weight is 228 g/mol. The maximum Gasteiger partial charge on any atom is 0.216 e. The highest BCUT2D eigenvalue weighted by atomic mass is 32.1. The van der Waals surface area contributed by atoms with Gasteiger partial charge < -0.3 is 10.6 Å². The normalized spacial score (nSPS) is 10.4. The van der Waals surface area contributed by atoms with E-state index in [1.54, 1.807) is 11.3 Å². The van der Waals surface area contributed by atoms with Gasteiger partial charge in [-0.1, -0.05) is 25.2 Å². The molecule has 0 fully saturated rings. The van der Waals surface area contributed by atoms with E-state index < -0.39 is 0 Å². The predicted octanol–water partition coefficient (Wildman–Crippen LogP) is 1.21. The second-order valence-corrected chi connectivity index (χ2v) is 4.52. The maximum absolute atomic E-state index is 10.6. The molecule has 1 heterocycles. The number of amides is 1. The third kappa shape index (κ3) is 4.24. The molecular formula is C9H16N4OS. The summed E-state index contributed by atoms with van der Waals surface area (Å²) >= 11 is 1.55. The lowest BCUT2D eigenvalue weighted by Gasteiger charge is -2.02. The standard InChI is InChI=1S/C9H16N4OS/c1-6(2)8-12-13-9(15-8)11-5-4-10-7(3)14/h6H,4-5H2,1-3H3,(H,10,14)(H,11,13). The van der Waals surface area contributed by atoms with Crippen molar-refractivity contribution in [1.82, 2.24) is 15.5 Å². The number of hydrogen-bond donors (Lipinski definition) is 2. The lowest BCUT2D eigenvalue weighted by Crippen LogP contribution is -2.26. The van der Waals surface area contributed by atoms with Crippen molar-refractivity contribution in [2.24, 2.45) is 0 Å². The molecule has 0 atom stereocenters. The number of anilines is 1. The van der Waals surface area contributed by atoms with Crippen molar-refractivity contribution >= 4 is 22.4 Å². The molecule has 1 rings (SSSR count). The average Bonchev–Trinajstić information content (AvgIpc) is 2.60. The topological polar surface area (TPSA) is 66.9 Å². The number of nitrogens with zero attached hydrogens (tertiary/aromatic N) is 2. The summed E-state index contributed by atoms with van der Waals surface area (Å²) in [6.45, 7) is 6.95. The molecule has 0 saturated heterocycles. The first-order chi connectivity index (χ1) is 7.09. The van der Waals surface area contributed by atoms with E-state index >= 15 is 0 Å². The third-order valence-electron chi connectivity index (χ3n) is 1.71. The van der Waals surface area contributed by atoms with Gasteiger partial charge in [0.25, 0.3) is 0 Å². The fraction of sp³-hybridized carbons (Fsp3) is 0.667. The minimum Gasteiger partial charge on any atom is -0.358 e. The number of carbonyl (C=O) groups excluding carboxylic acids is 1. The Morgan fingerprint density at radius 2 is 2.13 bits per heavy atom. The van der Waals surface area contributed by atoms with Crippen LogP contribution in [0, 0.1) is 0 Å². The van der Waals surface area contributed by atoms with Gasteiger partial charge in [-0.3, -0.25) is 4.79 Å². The highest BCUT2D eigenvalue weighted by Gasteiger charge is 2.06. The molecule has 1 aromatic rings. The van der Waals surface area contributed by atoms with Crippen LogP contribution >= 0.6 is 11.3 Å². The molecular weight excluding hydrogens is 212 g/mol. The smallest absolute Gasteiger partial charge is 0.216 e. The zero-order valence-corrected chi connectivity index (χ0v) is 10.0. The molecule has 84 valence electrons. The number of rotatable bonds is 5. The molecule has 1 aromatic heterocycles. The molecule has 0 aliphatic heterocycles. The van der Waals surface area contributed by atoms with E-state index in [4.69, 9.17) is 0 Å². The van der Waals surface area contributed by atoms with Crippen LogP contribution in [0.2, 0.25) is 0 Å². The van der Waals surface area contributed by atoms with Crippen LogP contribution < -0.4 is 10.6 Å². The van der Waals surface area contributed by atoms with Crippen molar-refractivity contribution in [1.29, 1.82) is 0 Å². The van der Waals surface area contributed by atoms with Gasteiger partial charge in [-0.2, -0.15) is 0 Å². The number of hydrogen-bond acceptors (Lipinski definition) is 5. The van der Waals surface area contributed by atoms with E-state index in [0.717, 1.165) is 10.1 Å². The first-order valence-electron chi connectivity index (χ1n) is 4.91. The summed E-state index contributed by atoms with van der Waals surface area (Å²) in [4.78, 5) is 10.6. The van der Waals surface area contributed by atoms with Crippen LogP contribution in [0.15, 0.2) is 0 Å². The monoisotopic (exact) mass is 228 g/mol. The van der Waals surface area contributed by atoms with Crippen LogP contribution in [-0.4, -0.2) is 29.2 Å². The number of nitrogens with one attached hydrogen (secondary N) is 2. The fourth-order valence-corrected chi connectivity index (χ4v) is 1.72. The van der Waals surface area contributed by atoms with E-state index in [0.29, 0.717) is 19.0 Å². The molecule has 2 N–H and O–H groups in total. The van der Waals surface area contributed by atoms with Gasteiger partial charge in [0.05, 0.1) is 0 Å². The quantitative estimate of drug-likeness (QED) is 0.743. The molecule has 0 saturated carbocycles. The van der Waals surface area contributed by atoms with Gasteiger partial charge in [0, 0.05) is 25.9 Å². The molecule has 15 heavy (non-hydrogen) atoms. The molecule has 0 spiro atoms. The summed E-state index contributed by atoms with van der Waals surface area (Å²) < 4.78 is 0. The van der Waals surface area contributed by atoms with Crippen LogP contribution in [0.25, 0.3) is 0 Å². The zero-order valence-electron chi connectivity index (χ0n) is 9.20.